The van der Waals surface area contributed by atoms with Crippen LogP contribution in [0.1, 0.15) is 49.9 Å². The second-order valence-electron chi connectivity index (χ2n) is 11.7. The van der Waals surface area contributed by atoms with Crippen LogP contribution < -0.4 is 21.7 Å². The molecule has 0 aromatic heterocycles. The number of carbonyl (C=O) groups excluding carboxylic acids is 3. The summed E-state index contributed by atoms with van der Waals surface area (Å²) in [5.74, 6) is -0.400. The van der Waals surface area contributed by atoms with Crippen LogP contribution in [-0.4, -0.2) is 104 Å². The van der Waals surface area contributed by atoms with Gasteiger partial charge < -0.3 is 36.4 Å². The number of hydrogen-bond acceptors (Lipinski definition) is 8. The van der Waals surface area contributed by atoms with Gasteiger partial charge in [-0.25, -0.2) is 0 Å². The van der Waals surface area contributed by atoms with Crippen molar-refractivity contribution in [3.63, 3.8) is 0 Å². The molecule has 2 aliphatic heterocycles. The van der Waals surface area contributed by atoms with Crippen LogP contribution in [0.15, 0.2) is 47.1 Å². The molecule has 2 aromatic rings. The van der Waals surface area contributed by atoms with Crippen molar-refractivity contribution < 1.29 is 14.4 Å². The Kier molecular flexibility index (Phi) is 11.7. The molecule has 4 rings (SSSR count). The van der Waals surface area contributed by atoms with Gasteiger partial charge in [0.2, 0.25) is 5.91 Å². The number of nitrogens with zero attached hydrogens (tertiary/aromatic N) is 3. The van der Waals surface area contributed by atoms with Gasteiger partial charge in [0.25, 0.3) is 11.8 Å². The van der Waals surface area contributed by atoms with Gasteiger partial charge in [0.1, 0.15) is 10.7 Å². The minimum atomic E-state index is -0.344. The molecule has 43 heavy (non-hydrogen) atoms. The number of likely N-dealkylation sites (N-methyl/N-ethyl adjacent to an activating group) is 1. The summed E-state index contributed by atoms with van der Waals surface area (Å²) in [6.45, 7) is 9.54. The molecule has 234 valence electrons. The zero-order chi connectivity index (χ0) is 30.9. The number of carbonyl (C=O) groups is 3. The van der Waals surface area contributed by atoms with Crippen LogP contribution in [0.25, 0.3) is 10.8 Å². The Hall–Kier alpha value is -3.28. The molecule has 0 aliphatic carbocycles. The molecule has 0 radical (unpaired) electrons. The van der Waals surface area contributed by atoms with Crippen LogP contribution in [0.5, 0.6) is 0 Å². The van der Waals surface area contributed by atoms with Crippen LogP contribution in [0.4, 0.5) is 5.69 Å². The summed E-state index contributed by atoms with van der Waals surface area (Å²) in [4.78, 5) is 44.8. The molecule has 10 nitrogen and oxygen atoms in total. The molecule has 0 spiro atoms. The number of fused-ring (bicyclic) bond motifs is 1. The predicted molar refractivity (Wildman–Crippen MR) is 176 cm³/mol. The fraction of sp³-hybridized carbons (Fsp3) is 0.531. The molecular formula is C32H47N7O3S. The average Bonchev–Trinajstić information content (AvgIpc) is 3.60. The third-order valence-electron chi connectivity index (χ3n) is 7.73. The average molecular weight is 610 g/mol. The van der Waals surface area contributed by atoms with E-state index in [0.29, 0.717) is 43.2 Å². The van der Waals surface area contributed by atoms with Gasteiger partial charge in [-0.15, -0.1) is 0 Å². The van der Waals surface area contributed by atoms with Gasteiger partial charge in [-0.3, -0.25) is 14.4 Å². The molecule has 5 N–H and O–H groups in total. The zero-order valence-corrected chi connectivity index (χ0v) is 26.8. The number of nitrogens with two attached hydrogens (primary N) is 1. The van der Waals surface area contributed by atoms with Gasteiger partial charge >= 0.3 is 0 Å². The van der Waals surface area contributed by atoms with Gasteiger partial charge in [0.05, 0.1) is 5.25 Å². The van der Waals surface area contributed by atoms with Crippen LogP contribution in [0.3, 0.4) is 0 Å². The number of likely N-dealkylation sites (tertiary alicyclic amines) is 1. The topological polar surface area (TPSA) is 123 Å². The molecule has 3 amide bonds. The maximum Gasteiger partial charge on any atom is 0.270 e. The third-order valence-corrected chi connectivity index (χ3v) is 9.12. The molecule has 2 heterocycles. The van der Waals surface area contributed by atoms with Gasteiger partial charge in [-0.05, 0) is 94.8 Å². The number of rotatable bonds is 14. The molecule has 2 aliphatic rings. The minimum Gasteiger partial charge on any atom is -0.392 e. The highest BCUT2D eigenvalue weighted by Gasteiger charge is 2.38. The lowest BCUT2D eigenvalue weighted by atomic mass is 10.1. The van der Waals surface area contributed by atoms with E-state index < -0.39 is 0 Å². The molecule has 2 aromatic carbocycles. The Morgan fingerprint density at radius 3 is 2.51 bits per heavy atom. The normalized spacial score (nSPS) is 19.2. The highest BCUT2D eigenvalue weighted by molar-refractivity contribution is 8.04. The van der Waals surface area contributed by atoms with Crippen molar-refractivity contribution in [2.45, 2.75) is 50.8 Å². The summed E-state index contributed by atoms with van der Waals surface area (Å²) >= 11 is 1.38. The number of anilines is 1. The second kappa shape index (κ2) is 15.4. The Bertz CT molecular complexity index is 1330. The molecule has 0 saturated carbocycles. The van der Waals surface area contributed by atoms with Crippen LogP contribution in [-0.2, 0) is 9.59 Å². The fourth-order valence-corrected chi connectivity index (χ4v) is 6.88. The standard InChI is InChI=1S/C32H47N7O3S/c1-5-15-39-31(42)27(43-32(39)28(33)30(41)36-22(2)21-37(3)4)12-13-34-26-11-10-23-19-25(9-8-24(23)20-26)29(40)35-14-18-38-16-6-7-17-38/h8-11,19-20,22,27,34H,5-7,12-18,21,33H2,1-4H3,(H,35,40)(H,36,41)/b32-28+. The molecule has 2 fully saturated rings. The van der Waals surface area contributed by atoms with Gasteiger partial charge in [-0.2, -0.15) is 0 Å². The number of amides is 3. The summed E-state index contributed by atoms with van der Waals surface area (Å²) < 4.78 is 0. The largest absolute Gasteiger partial charge is 0.392 e. The van der Waals surface area contributed by atoms with E-state index in [1.807, 2.05) is 63.2 Å². The summed E-state index contributed by atoms with van der Waals surface area (Å²) in [6.07, 6.45) is 3.85. The maximum atomic E-state index is 13.3. The first kappa shape index (κ1) is 32.6. The van der Waals surface area contributed by atoms with Crippen LogP contribution >= 0.6 is 11.8 Å². The molecule has 2 unspecified atom stereocenters. The van der Waals surface area contributed by atoms with Crippen molar-refractivity contribution in [3.05, 3.63) is 52.7 Å². The van der Waals surface area contributed by atoms with Gasteiger partial charge in [-0.1, -0.05) is 30.8 Å². The highest BCUT2D eigenvalue weighted by atomic mass is 32.2. The summed E-state index contributed by atoms with van der Waals surface area (Å²) in [5.41, 5.74) is 8.00. The first-order valence-electron chi connectivity index (χ1n) is 15.4. The Labute approximate surface area is 259 Å². The quantitative estimate of drug-likeness (QED) is 0.241. The monoisotopic (exact) mass is 609 g/mol. The van der Waals surface area contributed by atoms with Crippen molar-refractivity contribution in [1.82, 2.24) is 25.3 Å². The van der Waals surface area contributed by atoms with Crippen molar-refractivity contribution in [2.75, 3.05) is 65.2 Å². The van der Waals surface area contributed by atoms with Crippen molar-refractivity contribution >= 4 is 45.9 Å². The van der Waals surface area contributed by atoms with Crippen LogP contribution in [0.2, 0.25) is 0 Å². The second-order valence-corrected chi connectivity index (χ2v) is 12.9. The van der Waals surface area contributed by atoms with Crippen molar-refractivity contribution in [2.24, 2.45) is 5.73 Å². The fourth-order valence-electron chi connectivity index (χ4n) is 5.62. The summed E-state index contributed by atoms with van der Waals surface area (Å²) in [6, 6.07) is 11.7. The van der Waals surface area contributed by atoms with Crippen molar-refractivity contribution in [3.8, 4) is 0 Å². The molecule has 2 atom stereocenters. The number of thioether (sulfide) groups is 1. The van der Waals surface area contributed by atoms with E-state index in [4.69, 9.17) is 5.73 Å². The van der Waals surface area contributed by atoms with Crippen LogP contribution in [0, 0.1) is 0 Å². The lowest BCUT2D eigenvalue weighted by Gasteiger charge is -2.21. The van der Waals surface area contributed by atoms with E-state index in [2.05, 4.69) is 26.9 Å². The lowest BCUT2D eigenvalue weighted by molar-refractivity contribution is -0.127. The number of nitrogens with one attached hydrogen (secondary N) is 3. The SMILES string of the molecule is CCCN1C(=O)C(CCNc2ccc3cc(C(=O)NCCN4CCCC4)ccc3c2)S/C1=C(/N)C(=O)NC(C)CN(C)C. The van der Waals surface area contributed by atoms with Gasteiger partial charge in [0, 0.05) is 50.0 Å². The minimum absolute atomic E-state index is 0.00881. The maximum absolute atomic E-state index is 13.3. The Morgan fingerprint density at radius 1 is 1.07 bits per heavy atom. The van der Waals surface area contributed by atoms with E-state index in [0.717, 1.165) is 42.5 Å². The smallest absolute Gasteiger partial charge is 0.270 e. The van der Waals surface area contributed by atoms with Gasteiger partial charge in [0.15, 0.2) is 0 Å². The number of benzene rings is 2. The van der Waals surface area contributed by atoms with E-state index in [1.165, 1.54) is 24.6 Å². The van der Waals surface area contributed by atoms with E-state index >= 15 is 0 Å². The third kappa shape index (κ3) is 8.87. The van der Waals surface area contributed by atoms with E-state index in [-0.39, 0.29) is 34.7 Å². The molecule has 11 heteroatoms. The predicted octanol–water partition coefficient (Wildman–Crippen LogP) is 3.02. The Morgan fingerprint density at radius 2 is 1.79 bits per heavy atom. The van der Waals surface area contributed by atoms with E-state index in [9.17, 15) is 14.4 Å². The summed E-state index contributed by atoms with van der Waals surface area (Å²) in [5, 5.41) is 11.7. The first-order valence-corrected chi connectivity index (χ1v) is 16.3. The molecular weight excluding hydrogens is 562 g/mol. The highest BCUT2D eigenvalue weighted by Crippen LogP contribution is 2.38. The molecule has 2 saturated heterocycles. The summed E-state index contributed by atoms with van der Waals surface area (Å²) in [7, 11) is 3.90. The first-order chi connectivity index (χ1) is 20.7. The molecule has 0 bridgehead atoms. The lowest BCUT2D eigenvalue weighted by Crippen LogP contribution is -2.42. The Balaban J connectivity index is 1.32. The van der Waals surface area contributed by atoms with Crippen molar-refractivity contribution in [1.29, 1.82) is 0 Å². The number of hydrogen-bond donors (Lipinski definition) is 4. The van der Waals surface area contributed by atoms with E-state index in [1.54, 1.807) is 4.90 Å². The zero-order valence-electron chi connectivity index (χ0n) is 25.9.